The lowest BCUT2D eigenvalue weighted by Crippen LogP contribution is -2.22. The van der Waals surface area contributed by atoms with Crippen molar-refractivity contribution in [2.24, 2.45) is 0 Å². The molecule has 11 heteroatoms. The second kappa shape index (κ2) is 9.84. The number of methoxy groups -OCH3 is 3. The molecule has 0 aliphatic heterocycles. The molecule has 3 rings (SSSR count). The molecule has 0 aliphatic rings. The van der Waals surface area contributed by atoms with Crippen LogP contribution in [0.15, 0.2) is 18.2 Å². The maximum atomic E-state index is 12.8. The van der Waals surface area contributed by atoms with Crippen LogP contribution < -0.4 is 19.5 Å². The summed E-state index contributed by atoms with van der Waals surface area (Å²) in [6, 6.07) is 4.47. The molecule has 3 aromatic rings. The molecule has 0 aliphatic carbocycles. The molecule has 0 fully saturated rings. The van der Waals surface area contributed by atoms with Gasteiger partial charge in [-0.15, -0.1) is 11.3 Å². The molecule has 2 heterocycles. The van der Waals surface area contributed by atoms with E-state index in [0.717, 1.165) is 0 Å². The summed E-state index contributed by atoms with van der Waals surface area (Å²) in [5.41, 5.74) is 1.36. The van der Waals surface area contributed by atoms with Gasteiger partial charge in [-0.3, -0.25) is 4.79 Å². The van der Waals surface area contributed by atoms with Crippen LogP contribution >= 0.6 is 11.3 Å². The Labute approximate surface area is 181 Å². The van der Waals surface area contributed by atoms with Crippen LogP contribution in [-0.4, -0.2) is 43.8 Å². The molecular weight excluding hydrogens is 432 g/mol. The van der Waals surface area contributed by atoms with Crippen molar-refractivity contribution in [2.45, 2.75) is 26.7 Å². The van der Waals surface area contributed by atoms with Crippen LogP contribution in [0.5, 0.6) is 17.4 Å². The predicted molar refractivity (Wildman–Crippen MR) is 110 cm³/mol. The maximum Gasteiger partial charge on any atom is 0.387 e. The number of aryl methyl sites for hydroxylation is 1. The molecule has 1 N–H and O–H groups in total. The number of ether oxygens (including phenoxy) is 4. The van der Waals surface area contributed by atoms with Crippen molar-refractivity contribution in [3.63, 3.8) is 0 Å². The Morgan fingerprint density at radius 3 is 2.58 bits per heavy atom. The Morgan fingerprint density at radius 2 is 1.94 bits per heavy atom. The summed E-state index contributed by atoms with van der Waals surface area (Å²) in [5, 5.41) is 3.49. The van der Waals surface area contributed by atoms with Crippen LogP contribution in [0, 0.1) is 6.92 Å². The molecule has 0 atom stereocenters. The highest BCUT2D eigenvalue weighted by Gasteiger charge is 2.21. The number of carbonyl (C=O) groups is 1. The van der Waals surface area contributed by atoms with E-state index in [-0.39, 0.29) is 30.6 Å². The number of rotatable bonds is 9. The number of amides is 1. The molecule has 31 heavy (non-hydrogen) atoms. The zero-order chi connectivity index (χ0) is 22.5. The average Bonchev–Trinajstić information content (AvgIpc) is 3.08. The van der Waals surface area contributed by atoms with E-state index < -0.39 is 6.61 Å². The lowest BCUT2D eigenvalue weighted by atomic mass is 10.2. The number of nitrogens with one attached hydrogen (secondary N) is 1. The fraction of sp³-hybridized carbons (Fsp3) is 0.350. The topological polar surface area (TPSA) is 91.8 Å². The number of hydrogen-bond donors (Lipinski definition) is 1. The largest absolute Gasteiger partial charge is 0.493 e. The number of alkyl halides is 2. The van der Waals surface area contributed by atoms with E-state index in [2.05, 4.69) is 20.0 Å². The van der Waals surface area contributed by atoms with Gasteiger partial charge in [0.2, 0.25) is 5.88 Å². The van der Waals surface area contributed by atoms with Gasteiger partial charge in [0.1, 0.15) is 11.4 Å². The quantitative estimate of drug-likeness (QED) is 0.528. The van der Waals surface area contributed by atoms with Gasteiger partial charge in [-0.2, -0.15) is 13.8 Å². The lowest BCUT2D eigenvalue weighted by Gasteiger charge is -2.12. The third kappa shape index (κ3) is 5.00. The number of aromatic nitrogens is 2. The van der Waals surface area contributed by atoms with E-state index in [4.69, 9.17) is 14.2 Å². The van der Waals surface area contributed by atoms with Gasteiger partial charge >= 0.3 is 6.61 Å². The average molecular weight is 453 g/mol. The Hall–Kier alpha value is -3.05. The highest BCUT2D eigenvalue weighted by Crippen LogP contribution is 2.35. The molecule has 0 saturated carbocycles. The minimum Gasteiger partial charge on any atom is -0.493 e. The molecular formula is C20H21F2N3O5S. The minimum absolute atomic E-state index is 0.0783. The molecule has 166 valence electrons. The van der Waals surface area contributed by atoms with Crippen molar-refractivity contribution >= 4 is 27.5 Å². The van der Waals surface area contributed by atoms with Crippen LogP contribution in [0.2, 0.25) is 0 Å². The summed E-state index contributed by atoms with van der Waals surface area (Å²) in [7, 11) is 4.40. The monoisotopic (exact) mass is 453 g/mol. The van der Waals surface area contributed by atoms with Crippen molar-refractivity contribution in [1.82, 2.24) is 15.3 Å². The normalized spacial score (nSPS) is 11.1. The van der Waals surface area contributed by atoms with Crippen molar-refractivity contribution < 1.29 is 32.5 Å². The van der Waals surface area contributed by atoms with Crippen molar-refractivity contribution in [3.8, 4) is 17.4 Å². The fourth-order valence-corrected chi connectivity index (χ4v) is 4.09. The van der Waals surface area contributed by atoms with Crippen molar-refractivity contribution in [3.05, 3.63) is 40.0 Å². The number of carbonyl (C=O) groups excluding carboxylic acids is 1. The van der Waals surface area contributed by atoms with Crippen LogP contribution in [0.1, 0.15) is 26.6 Å². The van der Waals surface area contributed by atoms with Crippen LogP contribution in [0.25, 0.3) is 10.2 Å². The fourth-order valence-electron chi connectivity index (χ4n) is 2.98. The summed E-state index contributed by atoms with van der Waals surface area (Å²) in [4.78, 5) is 22.7. The number of halogens is 2. The maximum absolute atomic E-state index is 12.8. The molecule has 0 unspecified atom stereocenters. The van der Waals surface area contributed by atoms with Crippen molar-refractivity contribution in [1.29, 1.82) is 0 Å². The summed E-state index contributed by atoms with van der Waals surface area (Å²) >= 11 is 1.23. The van der Waals surface area contributed by atoms with E-state index in [9.17, 15) is 13.6 Å². The van der Waals surface area contributed by atoms with Gasteiger partial charge in [0.05, 0.1) is 24.5 Å². The first kappa shape index (κ1) is 22.6. The van der Waals surface area contributed by atoms with Crippen LogP contribution in [0.3, 0.4) is 0 Å². The lowest BCUT2D eigenvalue weighted by molar-refractivity contribution is -0.0512. The molecule has 1 aromatic carbocycles. The van der Waals surface area contributed by atoms with E-state index >= 15 is 0 Å². The molecule has 0 bridgehead atoms. The van der Waals surface area contributed by atoms with E-state index in [1.165, 1.54) is 37.7 Å². The summed E-state index contributed by atoms with van der Waals surface area (Å²) in [5.74, 6) is 0.603. The van der Waals surface area contributed by atoms with Crippen molar-refractivity contribution in [2.75, 3.05) is 21.3 Å². The highest BCUT2D eigenvalue weighted by atomic mass is 32.1. The van der Waals surface area contributed by atoms with Gasteiger partial charge in [0.15, 0.2) is 17.3 Å². The second-order valence-electron chi connectivity index (χ2n) is 6.36. The highest BCUT2D eigenvalue weighted by molar-refractivity contribution is 7.20. The number of hydrogen-bond acceptors (Lipinski definition) is 8. The van der Waals surface area contributed by atoms with Crippen LogP contribution in [0.4, 0.5) is 8.78 Å². The van der Waals surface area contributed by atoms with Gasteiger partial charge in [-0.25, -0.2) is 4.98 Å². The Bertz CT molecular complexity index is 1090. The number of benzene rings is 1. The Kier molecular flexibility index (Phi) is 7.18. The van der Waals surface area contributed by atoms with Gasteiger partial charge in [0, 0.05) is 13.7 Å². The van der Waals surface area contributed by atoms with Gasteiger partial charge in [0.25, 0.3) is 5.91 Å². The van der Waals surface area contributed by atoms with Gasteiger partial charge < -0.3 is 24.3 Å². The molecule has 8 nitrogen and oxygen atoms in total. The first-order valence-corrected chi connectivity index (χ1v) is 9.92. The van der Waals surface area contributed by atoms with Gasteiger partial charge in [-0.05, 0) is 30.2 Å². The first-order valence-electron chi connectivity index (χ1n) is 9.10. The summed E-state index contributed by atoms with van der Waals surface area (Å²) in [6.45, 7) is -0.775. The van der Waals surface area contributed by atoms with E-state index in [0.29, 0.717) is 37.9 Å². The first-order chi connectivity index (χ1) is 14.9. The third-order valence-corrected chi connectivity index (χ3v) is 5.56. The van der Waals surface area contributed by atoms with Crippen LogP contribution in [-0.2, 0) is 17.9 Å². The van der Waals surface area contributed by atoms with Gasteiger partial charge in [-0.1, -0.05) is 6.07 Å². The summed E-state index contributed by atoms with van der Waals surface area (Å²) < 4.78 is 44.9. The second-order valence-corrected chi connectivity index (χ2v) is 7.36. The minimum atomic E-state index is -2.96. The number of thiophene rings is 1. The third-order valence-electron chi connectivity index (χ3n) is 4.37. The number of fused-ring (bicyclic) bond motifs is 1. The Morgan fingerprint density at radius 1 is 1.16 bits per heavy atom. The Balaban J connectivity index is 1.81. The standard InChI is InChI=1S/C20H21F2N3O5S/c1-10-15-18(29-4)24-14(9-27-2)25-19(15)31-16(10)17(26)23-8-11-5-6-12(30-20(21)22)13(7-11)28-3/h5-7,20H,8-9H2,1-4H3,(H,23,26). The molecule has 0 radical (unpaired) electrons. The zero-order valence-corrected chi connectivity index (χ0v) is 18.1. The molecule has 0 saturated heterocycles. The molecule has 1 amide bonds. The molecule has 2 aromatic heterocycles. The smallest absolute Gasteiger partial charge is 0.387 e. The van der Waals surface area contributed by atoms with E-state index in [1.807, 2.05) is 0 Å². The summed E-state index contributed by atoms with van der Waals surface area (Å²) in [6.07, 6.45) is 0. The number of nitrogens with zero attached hydrogens (tertiary/aromatic N) is 2. The predicted octanol–water partition coefficient (Wildman–Crippen LogP) is 3.69. The molecule has 0 spiro atoms. The SMILES string of the molecule is COCc1nc(OC)c2c(C)c(C(=O)NCc3ccc(OC(F)F)c(OC)c3)sc2n1. The zero-order valence-electron chi connectivity index (χ0n) is 17.3. The van der Waals surface area contributed by atoms with E-state index in [1.54, 1.807) is 20.1 Å².